The Kier molecular flexibility index (Phi) is 5.34. The van der Waals surface area contributed by atoms with Crippen molar-refractivity contribution in [1.82, 2.24) is 14.5 Å². The maximum atomic E-state index is 13.4. The molecule has 1 fully saturated rings. The first-order valence-electron chi connectivity index (χ1n) is 10.5. The van der Waals surface area contributed by atoms with Crippen molar-refractivity contribution in [2.24, 2.45) is 0 Å². The third-order valence-electron chi connectivity index (χ3n) is 6.02. The van der Waals surface area contributed by atoms with Gasteiger partial charge in [-0.25, -0.2) is 14.4 Å². The molecule has 33 heavy (non-hydrogen) atoms. The Morgan fingerprint density at radius 1 is 1.09 bits per heavy atom. The summed E-state index contributed by atoms with van der Waals surface area (Å²) in [7, 11) is 0. The molecule has 0 spiro atoms. The van der Waals surface area contributed by atoms with Crippen molar-refractivity contribution in [3.05, 3.63) is 72.9 Å². The SMILES string of the molecule is C[C@]1(CO)O[C@@H](n2cc(-c3ccccc3)c3c(Nc4ccc(F)cc4)ncnc32)[C@H](O)[C@@H]1O. The lowest BCUT2D eigenvalue weighted by Gasteiger charge is -2.24. The number of hydrogen-bond acceptors (Lipinski definition) is 7. The highest BCUT2D eigenvalue weighted by Crippen LogP contribution is 2.42. The van der Waals surface area contributed by atoms with E-state index in [2.05, 4.69) is 15.3 Å². The highest BCUT2D eigenvalue weighted by atomic mass is 19.1. The van der Waals surface area contributed by atoms with Crippen LogP contribution in [0.1, 0.15) is 13.2 Å². The van der Waals surface area contributed by atoms with Crippen LogP contribution in [0.3, 0.4) is 0 Å². The number of aliphatic hydroxyl groups is 3. The third-order valence-corrected chi connectivity index (χ3v) is 6.02. The molecular weight excluding hydrogens is 427 g/mol. The topological polar surface area (TPSA) is 113 Å². The number of aliphatic hydroxyl groups excluding tert-OH is 3. The first-order chi connectivity index (χ1) is 15.9. The summed E-state index contributed by atoms with van der Waals surface area (Å²) in [6.07, 6.45) is -0.393. The minimum absolute atomic E-state index is 0.345. The zero-order chi connectivity index (χ0) is 23.2. The molecule has 2 aromatic carbocycles. The molecule has 1 aliphatic heterocycles. The molecule has 2 aromatic heterocycles. The highest BCUT2D eigenvalue weighted by molar-refractivity contribution is 6.02. The van der Waals surface area contributed by atoms with E-state index in [1.165, 1.54) is 18.5 Å². The van der Waals surface area contributed by atoms with Crippen molar-refractivity contribution < 1.29 is 24.4 Å². The van der Waals surface area contributed by atoms with Gasteiger partial charge in [0.05, 0.1) is 12.0 Å². The van der Waals surface area contributed by atoms with Crippen LogP contribution in [-0.2, 0) is 4.74 Å². The van der Waals surface area contributed by atoms with E-state index in [0.29, 0.717) is 22.5 Å². The zero-order valence-electron chi connectivity index (χ0n) is 17.8. The fourth-order valence-corrected chi connectivity index (χ4v) is 4.16. The number of nitrogens with one attached hydrogen (secondary N) is 1. The van der Waals surface area contributed by atoms with Crippen molar-refractivity contribution >= 4 is 22.5 Å². The van der Waals surface area contributed by atoms with Crippen molar-refractivity contribution in [3.8, 4) is 11.1 Å². The van der Waals surface area contributed by atoms with Gasteiger partial charge in [0.25, 0.3) is 0 Å². The number of nitrogens with zero attached hydrogens (tertiary/aromatic N) is 3. The van der Waals surface area contributed by atoms with Gasteiger partial charge < -0.3 is 29.9 Å². The summed E-state index contributed by atoms with van der Waals surface area (Å²) in [6, 6.07) is 15.5. The Morgan fingerprint density at radius 3 is 2.48 bits per heavy atom. The normalized spacial score (nSPS) is 24.9. The van der Waals surface area contributed by atoms with E-state index >= 15 is 0 Å². The van der Waals surface area contributed by atoms with Gasteiger partial charge in [-0.1, -0.05) is 30.3 Å². The van der Waals surface area contributed by atoms with Gasteiger partial charge in [-0.3, -0.25) is 0 Å². The van der Waals surface area contributed by atoms with Crippen molar-refractivity contribution in [2.75, 3.05) is 11.9 Å². The maximum Gasteiger partial charge on any atom is 0.164 e. The predicted molar refractivity (Wildman–Crippen MR) is 120 cm³/mol. The Morgan fingerprint density at radius 2 is 1.82 bits per heavy atom. The first-order valence-corrected chi connectivity index (χ1v) is 10.5. The maximum absolute atomic E-state index is 13.4. The van der Waals surface area contributed by atoms with Gasteiger partial charge in [0.15, 0.2) is 6.23 Å². The molecule has 9 heteroatoms. The van der Waals surface area contributed by atoms with E-state index in [1.807, 2.05) is 30.3 Å². The van der Waals surface area contributed by atoms with Crippen LogP contribution in [0.25, 0.3) is 22.2 Å². The molecule has 1 aliphatic rings. The summed E-state index contributed by atoms with van der Waals surface area (Å²) in [6.45, 7) is 1.08. The lowest BCUT2D eigenvalue weighted by molar-refractivity contribution is -0.115. The molecule has 8 nitrogen and oxygen atoms in total. The number of halogens is 1. The second-order valence-corrected chi connectivity index (χ2v) is 8.28. The summed E-state index contributed by atoms with van der Waals surface area (Å²) in [5.41, 5.74) is 1.45. The molecule has 0 radical (unpaired) electrons. The first kappa shape index (κ1) is 21.5. The summed E-state index contributed by atoms with van der Waals surface area (Å²) in [5.74, 6) is 0.143. The fraction of sp³-hybridized carbons (Fsp3) is 0.250. The molecule has 0 saturated carbocycles. The van der Waals surface area contributed by atoms with Crippen LogP contribution in [0.2, 0.25) is 0 Å². The molecule has 0 aliphatic carbocycles. The lowest BCUT2D eigenvalue weighted by atomic mass is 9.99. The Balaban J connectivity index is 1.68. The molecule has 4 N–H and O–H groups in total. The van der Waals surface area contributed by atoms with Crippen LogP contribution in [0.4, 0.5) is 15.9 Å². The number of hydrogen-bond donors (Lipinski definition) is 4. The lowest BCUT2D eigenvalue weighted by Crippen LogP contribution is -2.43. The van der Waals surface area contributed by atoms with Gasteiger partial charge in [0.2, 0.25) is 0 Å². The van der Waals surface area contributed by atoms with Crippen LogP contribution in [0.5, 0.6) is 0 Å². The quantitative estimate of drug-likeness (QED) is 0.370. The van der Waals surface area contributed by atoms with Crippen molar-refractivity contribution in [3.63, 3.8) is 0 Å². The summed E-state index contributed by atoms with van der Waals surface area (Å²) in [4.78, 5) is 8.85. The third kappa shape index (κ3) is 3.65. The Bertz CT molecular complexity index is 1280. The molecule has 4 atom stereocenters. The van der Waals surface area contributed by atoms with Crippen LogP contribution in [0.15, 0.2) is 67.1 Å². The van der Waals surface area contributed by atoms with E-state index in [4.69, 9.17) is 4.74 Å². The van der Waals surface area contributed by atoms with Gasteiger partial charge >= 0.3 is 0 Å². The van der Waals surface area contributed by atoms with Crippen LogP contribution in [0, 0.1) is 5.82 Å². The van der Waals surface area contributed by atoms with Gasteiger partial charge in [0.1, 0.15) is 41.4 Å². The van der Waals surface area contributed by atoms with Crippen LogP contribution in [-0.4, -0.2) is 54.3 Å². The molecule has 0 bridgehead atoms. The summed E-state index contributed by atoms with van der Waals surface area (Å²) in [5, 5.41) is 34.8. The number of anilines is 2. The van der Waals surface area contributed by atoms with Gasteiger partial charge in [0, 0.05) is 17.4 Å². The van der Waals surface area contributed by atoms with E-state index in [-0.39, 0.29) is 5.82 Å². The average Bonchev–Trinajstić information content (AvgIpc) is 3.33. The average molecular weight is 450 g/mol. The molecular formula is C24H23FN4O4. The smallest absolute Gasteiger partial charge is 0.164 e. The van der Waals surface area contributed by atoms with Gasteiger partial charge in [-0.15, -0.1) is 0 Å². The Labute approximate surface area is 188 Å². The minimum atomic E-state index is -1.32. The standard InChI is InChI=1S/C24H23FN4O4/c1-24(12-30)20(32)19(31)23(33-24)29-11-17(14-5-3-2-4-6-14)18-21(26-13-27-22(18)29)28-16-9-7-15(25)8-10-16/h2-11,13,19-20,23,30-32H,12H2,1H3,(H,26,27,28)/t19-,20+,23-,24-/m1/s1. The molecule has 170 valence electrons. The van der Waals surface area contributed by atoms with E-state index in [9.17, 15) is 19.7 Å². The minimum Gasteiger partial charge on any atom is -0.393 e. The van der Waals surface area contributed by atoms with Crippen molar-refractivity contribution in [1.29, 1.82) is 0 Å². The second kappa shape index (κ2) is 8.20. The zero-order valence-corrected chi connectivity index (χ0v) is 17.8. The van der Waals surface area contributed by atoms with E-state index in [0.717, 1.165) is 11.1 Å². The molecule has 0 unspecified atom stereocenters. The number of fused-ring (bicyclic) bond motifs is 1. The van der Waals surface area contributed by atoms with Crippen LogP contribution < -0.4 is 5.32 Å². The van der Waals surface area contributed by atoms with Crippen LogP contribution >= 0.6 is 0 Å². The molecule has 5 rings (SSSR count). The second-order valence-electron chi connectivity index (χ2n) is 8.28. The molecule has 1 saturated heterocycles. The number of ether oxygens (including phenoxy) is 1. The number of benzene rings is 2. The van der Waals surface area contributed by atoms with Crippen molar-refractivity contribution in [2.45, 2.75) is 31.0 Å². The Hall–Kier alpha value is -3.37. The van der Waals surface area contributed by atoms with Gasteiger partial charge in [-0.05, 0) is 36.8 Å². The molecule has 0 amide bonds. The van der Waals surface area contributed by atoms with E-state index in [1.54, 1.807) is 29.8 Å². The predicted octanol–water partition coefficient (Wildman–Crippen LogP) is 2.98. The largest absolute Gasteiger partial charge is 0.393 e. The molecule has 3 heterocycles. The molecule has 4 aromatic rings. The summed E-state index contributed by atoms with van der Waals surface area (Å²) < 4.78 is 20.9. The van der Waals surface area contributed by atoms with Gasteiger partial charge in [-0.2, -0.15) is 0 Å². The van der Waals surface area contributed by atoms with E-state index < -0.39 is 30.6 Å². The monoisotopic (exact) mass is 450 g/mol. The highest BCUT2D eigenvalue weighted by Gasteiger charge is 2.52. The fourth-order valence-electron chi connectivity index (χ4n) is 4.16. The number of rotatable bonds is 5. The summed E-state index contributed by atoms with van der Waals surface area (Å²) >= 11 is 0. The number of aromatic nitrogens is 3.